The number of carboxylic acids is 1. The van der Waals surface area contributed by atoms with E-state index in [2.05, 4.69) is 15.4 Å². The standard InChI is InChI=1S/C11H12N4O3/c1-6-9(11(17)18)8(4-12-6)14-10(16)7-3-13-15(2)5-7/h3-5,12H,1-2H3,(H,14,16)(H,17,18). The molecule has 0 saturated carbocycles. The van der Waals surface area contributed by atoms with Gasteiger partial charge in [0.25, 0.3) is 5.91 Å². The summed E-state index contributed by atoms with van der Waals surface area (Å²) in [7, 11) is 1.69. The number of aromatic nitrogens is 3. The number of carboxylic acid groups (broad SMARTS) is 1. The number of aromatic amines is 1. The Labute approximate surface area is 102 Å². The molecule has 2 aromatic heterocycles. The zero-order valence-electron chi connectivity index (χ0n) is 9.89. The highest BCUT2D eigenvalue weighted by Crippen LogP contribution is 2.19. The summed E-state index contributed by atoms with van der Waals surface area (Å²) in [5.74, 6) is -1.49. The van der Waals surface area contributed by atoms with Gasteiger partial charge in [-0.1, -0.05) is 0 Å². The summed E-state index contributed by atoms with van der Waals surface area (Å²) < 4.78 is 1.50. The van der Waals surface area contributed by atoms with Crippen LogP contribution in [0.2, 0.25) is 0 Å². The summed E-state index contributed by atoms with van der Waals surface area (Å²) in [4.78, 5) is 25.6. The average molecular weight is 248 g/mol. The van der Waals surface area contributed by atoms with E-state index in [4.69, 9.17) is 5.11 Å². The number of rotatable bonds is 3. The fraction of sp³-hybridized carbons (Fsp3) is 0.182. The van der Waals surface area contributed by atoms with Gasteiger partial charge in [-0.05, 0) is 6.92 Å². The van der Waals surface area contributed by atoms with Crippen LogP contribution < -0.4 is 5.32 Å². The molecule has 7 heteroatoms. The molecule has 18 heavy (non-hydrogen) atoms. The molecule has 0 saturated heterocycles. The van der Waals surface area contributed by atoms with Gasteiger partial charge in [-0.3, -0.25) is 9.48 Å². The molecule has 0 aliphatic heterocycles. The van der Waals surface area contributed by atoms with Crippen molar-refractivity contribution in [1.82, 2.24) is 14.8 Å². The molecule has 0 radical (unpaired) electrons. The number of carbonyl (C=O) groups is 2. The highest BCUT2D eigenvalue weighted by Gasteiger charge is 2.18. The Morgan fingerprint density at radius 2 is 2.22 bits per heavy atom. The molecule has 94 valence electrons. The number of carbonyl (C=O) groups excluding carboxylic acids is 1. The second-order valence-corrected chi connectivity index (χ2v) is 3.86. The topological polar surface area (TPSA) is 100 Å². The summed E-state index contributed by atoms with van der Waals surface area (Å²) in [6, 6.07) is 0. The molecule has 0 atom stereocenters. The first-order valence-corrected chi connectivity index (χ1v) is 5.20. The zero-order valence-corrected chi connectivity index (χ0v) is 9.89. The Morgan fingerprint density at radius 3 is 2.78 bits per heavy atom. The van der Waals surface area contributed by atoms with Gasteiger partial charge in [-0.2, -0.15) is 5.10 Å². The van der Waals surface area contributed by atoms with Crippen molar-refractivity contribution >= 4 is 17.6 Å². The lowest BCUT2D eigenvalue weighted by Crippen LogP contribution is -2.13. The monoisotopic (exact) mass is 248 g/mol. The predicted octanol–water partition coefficient (Wildman–Crippen LogP) is 1.01. The number of nitrogens with zero attached hydrogens (tertiary/aromatic N) is 2. The van der Waals surface area contributed by atoms with Crippen LogP contribution in [-0.2, 0) is 7.05 Å². The van der Waals surface area contributed by atoms with E-state index < -0.39 is 11.9 Å². The molecule has 0 aliphatic rings. The molecule has 2 rings (SSSR count). The molecule has 1 amide bonds. The maximum absolute atomic E-state index is 11.8. The highest BCUT2D eigenvalue weighted by atomic mass is 16.4. The number of H-pyrrole nitrogens is 1. The molecule has 0 fully saturated rings. The second-order valence-electron chi connectivity index (χ2n) is 3.86. The minimum atomic E-state index is -1.09. The average Bonchev–Trinajstić information content (AvgIpc) is 2.85. The van der Waals surface area contributed by atoms with Crippen molar-refractivity contribution in [2.24, 2.45) is 7.05 Å². The van der Waals surface area contributed by atoms with Crippen LogP contribution >= 0.6 is 0 Å². The zero-order chi connectivity index (χ0) is 13.3. The summed E-state index contributed by atoms with van der Waals surface area (Å²) in [5.41, 5.74) is 1.16. The third-order valence-corrected chi connectivity index (χ3v) is 2.51. The molecule has 2 heterocycles. The number of nitrogens with one attached hydrogen (secondary N) is 2. The second kappa shape index (κ2) is 4.36. The Hall–Kier alpha value is -2.57. The third-order valence-electron chi connectivity index (χ3n) is 2.51. The molecule has 0 aromatic carbocycles. The fourth-order valence-corrected chi connectivity index (χ4v) is 1.63. The van der Waals surface area contributed by atoms with Crippen molar-refractivity contribution in [3.8, 4) is 0 Å². The Morgan fingerprint density at radius 1 is 1.50 bits per heavy atom. The molecular formula is C11H12N4O3. The van der Waals surface area contributed by atoms with Gasteiger partial charge in [-0.25, -0.2) is 4.79 Å². The van der Waals surface area contributed by atoms with Crippen LogP contribution in [0.4, 0.5) is 5.69 Å². The normalized spacial score (nSPS) is 10.3. The van der Waals surface area contributed by atoms with Crippen LogP contribution in [0.1, 0.15) is 26.4 Å². The van der Waals surface area contributed by atoms with Crippen molar-refractivity contribution < 1.29 is 14.7 Å². The number of aromatic carboxylic acids is 1. The van der Waals surface area contributed by atoms with E-state index in [0.717, 1.165) is 0 Å². The Balaban J connectivity index is 2.25. The smallest absolute Gasteiger partial charge is 0.339 e. The number of aryl methyl sites for hydroxylation is 2. The first-order chi connectivity index (χ1) is 8.49. The van der Waals surface area contributed by atoms with Crippen molar-refractivity contribution in [3.05, 3.63) is 35.4 Å². The molecule has 2 aromatic rings. The van der Waals surface area contributed by atoms with Crippen LogP contribution in [0.3, 0.4) is 0 Å². The van der Waals surface area contributed by atoms with Gasteiger partial charge in [0.15, 0.2) is 0 Å². The van der Waals surface area contributed by atoms with Crippen LogP contribution in [0.15, 0.2) is 18.6 Å². The van der Waals surface area contributed by atoms with Gasteiger partial charge in [0, 0.05) is 25.1 Å². The van der Waals surface area contributed by atoms with E-state index in [-0.39, 0.29) is 11.3 Å². The number of anilines is 1. The van der Waals surface area contributed by atoms with E-state index in [1.807, 2.05) is 0 Å². The minimum absolute atomic E-state index is 0.0623. The van der Waals surface area contributed by atoms with E-state index in [1.54, 1.807) is 20.2 Å². The summed E-state index contributed by atoms with van der Waals surface area (Å²) in [6.45, 7) is 1.63. The predicted molar refractivity (Wildman–Crippen MR) is 63.7 cm³/mol. The van der Waals surface area contributed by atoms with Gasteiger partial charge in [-0.15, -0.1) is 0 Å². The molecule has 0 aliphatic carbocycles. The van der Waals surface area contributed by atoms with Crippen LogP contribution in [0.5, 0.6) is 0 Å². The third kappa shape index (κ3) is 2.10. The maximum atomic E-state index is 11.8. The lowest BCUT2D eigenvalue weighted by molar-refractivity contribution is 0.0697. The molecule has 0 unspecified atom stereocenters. The SMILES string of the molecule is Cc1[nH]cc(NC(=O)c2cnn(C)c2)c1C(=O)O. The van der Waals surface area contributed by atoms with E-state index in [0.29, 0.717) is 11.3 Å². The van der Waals surface area contributed by atoms with Gasteiger partial charge < -0.3 is 15.4 Å². The minimum Gasteiger partial charge on any atom is -0.478 e. The Bertz CT molecular complexity index is 612. The largest absolute Gasteiger partial charge is 0.478 e. The van der Waals surface area contributed by atoms with Gasteiger partial charge in [0.05, 0.1) is 17.4 Å². The lowest BCUT2D eigenvalue weighted by atomic mass is 10.2. The van der Waals surface area contributed by atoms with Crippen molar-refractivity contribution in [1.29, 1.82) is 0 Å². The number of hydrogen-bond acceptors (Lipinski definition) is 3. The van der Waals surface area contributed by atoms with Crippen molar-refractivity contribution in [3.63, 3.8) is 0 Å². The molecular weight excluding hydrogens is 236 g/mol. The highest BCUT2D eigenvalue weighted by molar-refractivity contribution is 6.07. The van der Waals surface area contributed by atoms with Crippen LogP contribution in [0, 0.1) is 6.92 Å². The van der Waals surface area contributed by atoms with E-state index in [1.165, 1.54) is 17.1 Å². The van der Waals surface area contributed by atoms with E-state index >= 15 is 0 Å². The van der Waals surface area contributed by atoms with Gasteiger partial charge in [0.1, 0.15) is 5.56 Å². The summed E-state index contributed by atoms with van der Waals surface area (Å²) >= 11 is 0. The molecule has 0 bridgehead atoms. The van der Waals surface area contributed by atoms with E-state index in [9.17, 15) is 9.59 Å². The van der Waals surface area contributed by atoms with Crippen LogP contribution in [0.25, 0.3) is 0 Å². The summed E-state index contributed by atoms with van der Waals surface area (Å²) in [5, 5.41) is 15.4. The summed E-state index contributed by atoms with van der Waals surface area (Å²) in [6.07, 6.45) is 4.41. The first kappa shape index (κ1) is 11.9. The quantitative estimate of drug-likeness (QED) is 0.754. The number of hydrogen-bond donors (Lipinski definition) is 3. The lowest BCUT2D eigenvalue weighted by Gasteiger charge is -2.02. The fourth-order valence-electron chi connectivity index (χ4n) is 1.63. The molecule has 3 N–H and O–H groups in total. The van der Waals surface area contributed by atoms with Crippen LogP contribution in [-0.4, -0.2) is 31.7 Å². The van der Waals surface area contributed by atoms with Gasteiger partial charge in [0.2, 0.25) is 0 Å². The first-order valence-electron chi connectivity index (χ1n) is 5.20. The van der Waals surface area contributed by atoms with Crippen molar-refractivity contribution in [2.75, 3.05) is 5.32 Å². The Kier molecular flexibility index (Phi) is 2.88. The molecule has 7 nitrogen and oxygen atoms in total. The molecule has 0 spiro atoms. The van der Waals surface area contributed by atoms with Crippen molar-refractivity contribution in [2.45, 2.75) is 6.92 Å². The maximum Gasteiger partial charge on any atom is 0.339 e. The van der Waals surface area contributed by atoms with Gasteiger partial charge >= 0.3 is 5.97 Å². The number of amides is 1.